The minimum absolute atomic E-state index is 0.0147. The van der Waals surface area contributed by atoms with E-state index in [1.54, 1.807) is 16.8 Å². The van der Waals surface area contributed by atoms with Crippen molar-refractivity contribution in [2.45, 2.75) is 37.3 Å². The van der Waals surface area contributed by atoms with Gasteiger partial charge < -0.3 is 10.2 Å². The van der Waals surface area contributed by atoms with Gasteiger partial charge >= 0.3 is 0 Å². The lowest BCUT2D eigenvalue weighted by Gasteiger charge is -2.29. The van der Waals surface area contributed by atoms with Crippen molar-refractivity contribution in [2.24, 2.45) is 5.92 Å². The fourth-order valence-corrected chi connectivity index (χ4v) is 5.09. The van der Waals surface area contributed by atoms with Gasteiger partial charge in [-0.25, -0.2) is 13.9 Å². The number of hydrogen-bond donors (Lipinski definition) is 1. The van der Waals surface area contributed by atoms with E-state index in [9.17, 15) is 9.18 Å². The van der Waals surface area contributed by atoms with Crippen LogP contribution in [0.5, 0.6) is 0 Å². The largest absolute Gasteiger partial charge is 0.346 e. The number of aromatic nitrogens is 4. The van der Waals surface area contributed by atoms with Gasteiger partial charge in [0.2, 0.25) is 0 Å². The molecule has 2 atom stereocenters. The first-order chi connectivity index (χ1) is 14.6. The van der Waals surface area contributed by atoms with E-state index in [1.165, 1.54) is 11.8 Å². The molecule has 5 heterocycles. The average molecular weight is 402 g/mol. The van der Waals surface area contributed by atoms with Gasteiger partial charge in [0.1, 0.15) is 17.2 Å². The molecule has 30 heavy (non-hydrogen) atoms. The number of carbonyl (C=O) groups excluding carboxylic acids is 1. The zero-order valence-electron chi connectivity index (χ0n) is 16.2. The number of aryl methyl sites for hydroxylation is 1. The zero-order chi connectivity index (χ0) is 20.0. The van der Waals surface area contributed by atoms with Crippen molar-refractivity contribution >= 4 is 17.4 Å². The summed E-state index contributed by atoms with van der Waals surface area (Å²) in [6, 6.07) is 3.53. The molecule has 1 saturated carbocycles. The van der Waals surface area contributed by atoms with Gasteiger partial charge in [0.25, 0.3) is 5.91 Å². The highest BCUT2D eigenvalue weighted by atomic mass is 19.1. The first-order valence-electron chi connectivity index (χ1n) is 10.4. The summed E-state index contributed by atoms with van der Waals surface area (Å²) in [5.74, 6) is 0.616. The number of anilines is 1. The number of hydrogen-bond acceptors (Lipinski definition) is 5. The van der Waals surface area contributed by atoms with Gasteiger partial charge in [-0.2, -0.15) is 5.10 Å². The summed E-state index contributed by atoms with van der Waals surface area (Å²) in [5.41, 5.74) is 4.02. The molecule has 1 spiro atoms. The quantitative estimate of drug-likeness (QED) is 0.585. The minimum Gasteiger partial charge on any atom is -0.346 e. The predicted octanol–water partition coefficient (Wildman–Crippen LogP) is 2.59. The molecule has 2 bridgehead atoms. The fourth-order valence-electron chi connectivity index (χ4n) is 5.09. The van der Waals surface area contributed by atoms with Crippen molar-refractivity contribution in [3.05, 3.63) is 65.0 Å². The molecule has 7 rings (SSSR count). The molecule has 7 nitrogen and oxygen atoms in total. The fraction of sp³-hybridized carbons (Fsp3) is 0.364. The Morgan fingerprint density at radius 2 is 2.13 bits per heavy atom. The third-order valence-corrected chi connectivity index (χ3v) is 7.00. The third kappa shape index (κ3) is 2.30. The highest BCUT2D eigenvalue weighted by molar-refractivity contribution is 6.00. The van der Waals surface area contributed by atoms with Crippen LogP contribution in [0.15, 0.2) is 42.4 Å². The second-order valence-corrected chi connectivity index (χ2v) is 8.88. The van der Waals surface area contributed by atoms with Gasteiger partial charge in [-0.15, -0.1) is 0 Å². The molecular formula is C22H19FN6O. The molecule has 1 amide bonds. The predicted molar refractivity (Wildman–Crippen MR) is 107 cm³/mol. The molecule has 2 aliphatic carbocycles. The maximum absolute atomic E-state index is 14.3. The van der Waals surface area contributed by atoms with Crippen LogP contribution in [0.4, 0.5) is 10.2 Å². The van der Waals surface area contributed by atoms with E-state index in [-0.39, 0.29) is 23.3 Å². The number of rotatable bonds is 0. The van der Waals surface area contributed by atoms with Crippen LogP contribution in [0.25, 0.3) is 5.65 Å². The SMILES string of the molecule is O=C1NC2(CCc3ncc(F)cc3[C@H]3[C@@H]4C=C4CN3c3ccn4ncc1c4n3)CC2. The number of nitrogens with zero attached hydrogens (tertiary/aromatic N) is 5. The Kier molecular flexibility index (Phi) is 2.99. The Hall–Kier alpha value is -3.29. The average Bonchev–Trinajstić information content (AvgIpc) is 3.60. The Morgan fingerprint density at radius 3 is 3.00 bits per heavy atom. The van der Waals surface area contributed by atoms with E-state index >= 15 is 0 Å². The van der Waals surface area contributed by atoms with E-state index in [0.29, 0.717) is 23.5 Å². The van der Waals surface area contributed by atoms with Crippen molar-refractivity contribution < 1.29 is 9.18 Å². The van der Waals surface area contributed by atoms with E-state index in [4.69, 9.17) is 4.98 Å². The molecule has 8 heteroatoms. The van der Waals surface area contributed by atoms with Crippen LogP contribution in [-0.2, 0) is 6.42 Å². The van der Waals surface area contributed by atoms with Crippen LogP contribution in [0.2, 0.25) is 0 Å². The molecule has 1 N–H and O–H groups in total. The van der Waals surface area contributed by atoms with E-state index in [2.05, 4.69) is 26.4 Å². The summed E-state index contributed by atoms with van der Waals surface area (Å²) in [6.07, 6.45) is 10.4. The number of fused-ring (bicyclic) bond motifs is 7. The first kappa shape index (κ1) is 16.5. The number of amides is 1. The topological polar surface area (TPSA) is 75.4 Å². The van der Waals surface area contributed by atoms with Crippen molar-refractivity contribution in [3.63, 3.8) is 0 Å². The van der Waals surface area contributed by atoms with Crippen LogP contribution in [-0.4, -0.2) is 37.6 Å². The molecule has 3 aromatic heterocycles. The summed E-state index contributed by atoms with van der Waals surface area (Å²) in [4.78, 5) is 24.5. The number of pyridine rings is 1. The van der Waals surface area contributed by atoms with Gasteiger partial charge in [-0.05, 0) is 49.0 Å². The Balaban J connectivity index is 1.44. The Morgan fingerprint density at radius 1 is 1.23 bits per heavy atom. The molecule has 3 aromatic rings. The van der Waals surface area contributed by atoms with Crippen LogP contribution in [0, 0.1) is 11.7 Å². The Bertz CT molecular complexity index is 1280. The molecule has 0 unspecified atom stereocenters. The van der Waals surface area contributed by atoms with Crippen molar-refractivity contribution in [1.29, 1.82) is 0 Å². The summed E-state index contributed by atoms with van der Waals surface area (Å²) in [7, 11) is 0. The minimum atomic E-state index is -0.317. The highest BCUT2D eigenvalue weighted by Gasteiger charge is 2.48. The van der Waals surface area contributed by atoms with Crippen LogP contribution >= 0.6 is 0 Å². The van der Waals surface area contributed by atoms with Gasteiger partial charge in [0.05, 0.1) is 18.4 Å². The smallest absolute Gasteiger partial charge is 0.257 e. The second-order valence-electron chi connectivity index (χ2n) is 8.88. The van der Waals surface area contributed by atoms with Crippen LogP contribution < -0.4 is 10.2 Å². The monoisotopic (exact) mass is 402 g/mol. The van der Waals surface area contributed by atoms with E-state index < -0.39 is 0 Å². The number of halogens is 1. The summed E-state index contributed by atoms with van der Waals surface area (Å²) >= 11 is 0. The first-order valence-corrected chi connectivity index (χ1v) is 10.4. The summed E-state index contributed by atoms with van der Waals surface area (Å²) in [6.45, 7) is 0.758. The summed E-state index contributed by atoms with van der Waals surface area (Å²) < 4.78 is 15.9. The molecule has 0 aromatic carbocycles. The van der Waals surface area contributed by atoms with Gasteiger partial charge in [-0.1, -0.05) is 6.08 Å². The molecule has 150 valence electrons. The van der Waals surface area contributed by atoms with Crippen molar-refractivity contribution in [2.75, 3.05) is 11.4 Å². The van der Waals surface area contributed by atoms with E-state index in [1.807, 2.05) is 12.3 Å². The van der Waals surface area contributed by atoms with Gasteiger partial charge in [0, 0.05) is 29.9 Å². The Labute approximate surface area is 171 Å². The molecule has 0 radical (unpaired) electrons. The number of nitrogens with one attached hydrogen (secondary N) is 1. The van der Waals surface area contributed by atoms with Gasteiger partial charge in [-0.3, -0.25) is 9.78 Å². The maximum atomic E-state index is 14.3. The molecule has 4 aliphatic rings. The van der Waals surface area contributed by atoms with Crippen molar-refractivity contribution in [3.8, 4) is 0 Å². The molecule has 1 saturated heterocycles. The van der Waals surface area contributed by atoms with Gasteiger partial charge in [0.15, 0.2) is 5.65 Å². The van der Waals surface area contributed by atoms with E-state index in [0.717, 1.165) is 42.9 Å². The molecule has 2 aliphatic heterocycles. The standard InChI is InChI=1S/C22H19FN6O/c23-13-8-15-17(24-9-13)1-3-22(4-5-22)27-21(30)16-10-25-29-6-2-18(26-20(16)29)28-11-12-7-14(12)19(15)28/h2,6-10,14,19H,1,3-5,11H2,(H,27,30)/t14-,19-/m1/s1. The van der Waals surface area contributed by atoms with Crippen LogP contribution in [0.3, 0.4) is 0 Å². The molecule has 2 fully saturated rings. The van der Waals surface area contributed by atoms with Crippen molar-refractivity contribution in [1.82, 2.24) is 24.9 Å². The summed E-state index contributed by atoms with van der Waals surface area (Å²) in [5, 5.41) is 7.52. The maximum Gasteiger partial charge on any atom is 0.257 e. The molecular weight excluding hydrogens is 383 g/mol. The lowest BCUT2D eigenvalue weighted by atomic mass is 9.95. The lowest BCUT2D eigenvalue weighted by Crippen LogP contribution is -2.37. The lowest BCUT2D eigenvalue weighted by molar-refractivity contribution is 0.0930. The third-order valence-electron chi connectivity index (χ3n) is 7.00. The zero-order valence-corrected chi connectivity index (χ0v) is 16.2. The highest BCUT2D eigenvalue weighted by Crippen LogP contribution is 2.52. The van der Waals surface area contributed by atoms with Crippen LogP contribution in [0.1, 0.15) is 46.9 Å². The second kappa shape index (κ2) is 5.44. The normalized spacial score (nSPS) is 25.6. The number of carbonyl (C=O) groups is 1.